The second-order valence-corrected chi connectivity index (χ2v) is 4.81. The first-order valence-electron chi connectivity index (χ1n) is 6.44. The fourth-order valence-electron chi connectivity index (χ4n) is 2.23. The summed E-state index contributed by atoms with van der Waals surface area (Å²) in [5, 5.41) is 7.36. The van der Waals surface area contributed by atoms with Crippen LogP contribution < -0.4 is 10.6 Å². The molecule has 1 aliphatic rings. The Bertz CT molecular complexity index is 396. The van der Waals surface area contributed by atoms with Crippen LogP contribution in [0, 0.1) is 5.41 Å². The third-order valence-corrected chi connectivity index (χ3v) is 3.43. The van der Waals surface area contributed by atoms with Crippen LogP contribution in [0.2, 0.25) is 0 Å². The van der Waals surface area contributed by atoms with E-state index in [0.29, 0.717) is 6.10 Å². The van der Waals surface area contributed by atoms with Gasteiger partial charge in [-0.05, 0) is 43.5 Å². The summed E-state index contributed by atoms with van der Waals surface area (Å²) in [6.07, 6.45) is 3.90. The molecule has 0 aromatic heterocycles. The van der Waals surface area contributed by atoms with Crippen molar-refractivity contribution in [3.8, 4) is 0 Å². The quantitative estimate of drug-likeness (QED) is 0.617. The first-order valence-corrected chi connectivity index (χ1v) is 6.44. The molecule has 2 rings (SSSR count). The normalized spacial score (nSPS) is 18.8. The number of nitrogens with one attached hydrogen (secondary N) is 1. The van der Waals surface area contributed by atoms with E-state index in [9.17, 15) is 0 Å². The minimum atomic E-state index is 0.114. The number of nitrogens with zero attached hydrogens (tertiary/aromatic N) is 1. The minimum absolute atomic E-state index is 0.114. The third-order valence-electron chi connectivity index (χ3n) is 3.43. The lowest BCUT2D eigenvalue weighted by atomic mass is 10.1. The number of ether oxygens (including phenoxy) is 1. The van der Waals surface area contributed by atoms with Crippen molar-refractivity contribution in [1.82, 2.24) is 0 Å². The molecule has 1 heterocycles. The number of nitrogens with two attached hydrogens (primary N) is 1. The lowest BCUT2D eigenvalue weighted by Gasteiger charge is -2.21. The van der Waals surface area contributed by atoms with E-state index in [-0.39, 0.29) is 5.84 Å². The molecule has 1 atom stereocenters. The van der Waals surface area contributed by atoms with Crippen molar-refractivity contribution in [2.75, 3.05) is 25.1 Å². The Morgan fingerprint density at radius 1 is 1.44 bits per heavy atom. The molecule has 0 spiro atoms. The van der Waals surface area contributed by atoms with Gasteiger partial charge in [0.1, 0.15) is 5.84 Å². The molecule has 4 heteroatoms. The Morgan fingerprint density at radius 3 is 2.72 bits per heavy atom. The van der Waals surface area contributed by atoms with Crippen molar-refractivity contribution in [3.63, 3.8) is 0 Å². The van der Waals surface area contributed by atoms with E-state index in [1.165, 1.54) is 12.8 Å². The van der Waals surface area contributed by atoms with Crippen LogP contribution in [-0.4, -0.2) is 32.1 Å². The van der Waals surface area contributed by atoms with Crippen LogP contribution in [0.4, 0.5) is 5.69 Å². The largest absolute Gasteiger partial charge is 0.384 e. The Morgan fingerprint density at radius 2 is 2.17 bits per heavy atom. The van der Waals surface area contributed by atoms with Crippen LogP contribution in [0.1, 0.15) is 24.8 Å². The average molecular weight is 247 g/mol. The summed E-state index contributed by atoms with van der Waals surface area (Å²) < 4.78 is 5.62. The lowest BCUT2D eigenvalue weighted by Crippen LogP contribution is -2.22. The SMILES string of the molecule is CN(CCC1CCCO1)c1ccc(C(=N)N)cc1. The molecule has 4 nitrogen and oxygen atoms in total. The number of benzene rings is 1. The molecule has 0 saturated carbocycles. The van der Waals surface area contributed by atoms with Gasteiger partial charge in [0, 0.05) is 31.5 Å². The van der Waals surface area contributed by atoms with E-state index in [1.807, 2.05) is 24.3 Å². The number of nitrogen functional groups attached to an aromatic ring is 1. The van der Waals surface area contributed by atoms with E-state index in [2.05, 4.69) is 11.9 Å². The van der Waals surface area contributed by atoms with E-state index in [4.69, 9.17) is 15.9 Å². The molecule has 1 aliphatic heterocycles. The van der Waals surface area contributed by atoms with Crippen molar-refractivity contribution in [2.45, 2.75) is 25.4 Å². The minimum Gasteiger partial charge on any atom is -0.384 e. The Hall–Kier alpha value is -1.55. The van der Waals surface area contributed by atoms with E-state index in [0.717, 1.165) is 30.8 Å². The number of rotatable bonds is 5. The van der Waals surface area contributed by atoms with Crippen LogP contribution >= 0.6 is 0 Å². The molecule has 98 valence electrons. The molecule has 18 heavy (non-hydrogen) atoms. The highest BCUT2D eigenvalue weighted by molar-refractivity contribution is 5.95. The Balaban J connectivity index is 1.87. The van der Waals surface area contributed by atoms with Gasteiger partial charge in [0.25, 0.3) is 0 Å². The third kappa shape index (κ3) is 3.23. The van der Waals surface area contributed by atoms with Crippen LogP contribution in [0.3, 0.4) is 0 Å². The zero-order valence-electron chi connectivity index (χ0n) is 10.9. The molecule has 3 N–H and O–H groups in total. The van der Waals surface area contributed by atoms with Gasteiger partial charge in [-0.25, -0.2) is 0 Å². The first kappa shape index (κ1) is 12.9. The van der Waals surface area contributed by atoms with Crippen molar-refractivity contribution < 1.29 is 4.74 Å². The molecule has 0 amide bonds. The zero-order chi connectivity index (χ0) is 13.0. The standard InChI is InChI=1S/C14H21N3O/c1-17(9-8-13-3-2-10-18-13)12-6-4-11(5-7-12)14(15)16/h4-7,13H,2-3,8-10H2,1H3,(H3,15,16). The van der Waals surface area contributed by atoms with Gasteiger partial charge >= 0.3 is 0 Å². The summed E-state index contributed by atoms with van der Waals surface area (Å²) in [5.41, 5.74) is 7.36. The summed E-state index contributed by atoms with van der Waals surface area (Å²) in [7, 11) is 2.08. The highest BCUT2D eigenvalue weighted by Gasteiger charge is 2.15. The Labute approximate surface area is 108 Å². The van der Waals surface area contributed by atoms with Gasteiger partial charge in [0.15, 0.2) is 0 Å². The van der Waals surface area contributed by atoms with Gasteiger partial charge in [-0.1, -0.05) is 0 Å². The van der Waals surface area contributed by atoms with Crippen molar-refractivity contribution in [1.29, 1.82) is 5.41 Å². The summed E-state index contributed by atoms with van der Waals surface area (Å²) in [6.45, 7) is 1.91. The molecular formula is C14H21N3O. The fourth-order valence-corrected chi connectivity index (χ4v) is 2.23. The van der Waals surface area contributed by atoms with Crippen molar-refractivity contribution in [3.05, 3.63) is 29.8 Å². The number of hydrogen-bond donors (Lipinski definition) is 2. The summed E-state index contributed by atoms with van der Waals surface area (Å²) >= 11 is 0. The molecule has 1 unspecified atom stereocenters. The lowest BCUT2D eigenvalue weighted by molar-refractivity contribution is 0.106. The molecule has 1 aromatic rings. The van der Waals surface area contributed by atoms with Crippen molar-refractivity contribution >= 4 is 11.5 Å². The second-order valence-electron chi connectivity index (χ2n) is 4.81. The van der Waals surface area contributed by atoms with Crippen LogP contribution in [-0.2, 0) is 4.74 Å². The van der Waals surface area contributed by atoms with Crippen LogP contribution in [0.15, 0.2) is 24.3 Å². The molecule has 1 aromatic carbocycles. The van der Waals surface area contributed by atoms with Gasteiger partial charge < -0.3 is 15.4 Å². The van der Waals surface area contributed by atoms with E-state index >= 15 is 0 Å². The van der Waals surface area contributed by atoms with Crippen LogP contribution in [0.5, 0.6) is 0 Å². The second kappa shape index (κ2) is 5.87. The maximum atomic E-state index is 7.36. The maximum absolute atomic E-state index is 7.36. The van der Waals surface area contributed by atoms with Gasteiger partial charge in [-0.2, -0.15) is 0 Å². The van der Waals surface area contributed by atoms with Crippen molar-refractivity contribution in [2.24, 2.45) is 5.73 Å². The van der Waals surface area contributed by atoms with Gasteiger partial charge in [-0.15, -0.1) is 0 Å². The zero-order valence-corrected chi connectivity index (χ0v) is 10.9. The number of amidine groups is 1. The number of hydrogen-bond acceptors (Lipinski definition) is 3. The summed E-state index contributed by atoms with van der Waals surface area (Å²) in [5.74, 6) is 0.114. The monoisotopic (exact) mass is 247 g/mol. The smallest absolute Gasteiger partial charge is 0.122 e. The molecule has 1 fully saturated rings. The van der Waals surface area contributed by atoms with E-state index in [1.54, 1.807) is 0 Å². The predicted molar refractivity (Wildman–Crippen MR) is 74.3 cm³/mol. The van der Waals surface area contributed by atoms with Gasteiger partial charge in [0.2, 0.25) is 0 Å². The summed E-state index contributed by atoms with van der Waals surface area (Å²) in [6, 6.07) is 7.79. The summed E-state index contributed by atoms with van der Waals surface area (Å²) in [4.78, 5) is 2.21. The molecule has 0 radical (unpaired) electrons. The molecule has 0 aliphatic carbocycles. The van der Waals surface area contributed by atoms with Gasteiger partial charge in [-0.3, -0.25) is 5.41 Å². The highest BCUT2D eigenvalue weighted by Crippen LogP contribution is 2.18. The Kier molecular flexibility index (Phi) is 4.20. The predicted octanol–water partition coefficient (Wildman–Crippen LogP) is 1.98. The average Bonchev–Trinajstić information content (AvgIpc) is 2.89. The fraction of sp³-hybridized carbons (Fsp3) is 0.500. The topological polar surface area (TPSA) is 62.3 Å². The maximum Gasteiger partial charge on any atom is 0.122 e. The first-order chi connectivity index (χ1) is 8.66. The molecular weight excluding hydrogens is 226 g/mol. The molecule has 1 saturated heterocycles. The molecule has 0 bridgehead atoms. The highest BCUT2D eigenvalue weighted by atomic mass is 16.5. The van der Waals surface area contributed by atoms with Crippen LogP contribution in [0.25, 0.3) is 0 Å². The number of anilines is 1. The van der Waals surface area contributed by atoms with E-state index < -0.39 is 0 Å². The van der Waals surface area contributed by atoms with Gasteiger partial charge in [0.05, 0.1) is 6.10 Å².